The van der Waals surface area contributed by atoms with E-state index in [0.29, 0.717) is 0 Å². The Hall–Kier alpha value is -3.36. The highest BCUT2D eigenvalue weighted by Gasteiger charge is 2.56. The number of imidazole rings is 1. The van der Waals surface area contributed by atoms with Gasteiger partial charge in [0.15, 0.2) is 23.1 Å². The highest BCUT2D eigenvalue weighted by atomic mass is 31.2. The summed E-state index contributed by atoms with van der Waals surface area (Å²) in [5, 5.41) is 13.4. The van der Waals surface area contributed by atoms with Crippen LogP contribution in [0, 0.1) is 0 Å². The molecule has 0 saturated carbocycles. The Morgan fingerprint density at radius 2 is 2.00 bits per heavy atom. The van der Waals surface area contributed by atoms with E-state index in [1.807, 2.05) is 0 Å². The van der Waals surface area contributed by atoms with Gasteiger partial charge in [-0.1, -0.05) is 18.2 Å². The van der Waals surface area contributed by atoms with Gasteiger partial charge in [0, 0.05) is 0 Å². The summed E-state index contributed by atoms with van der Waals surface area (Å²) >= 11 is 0. The van der Waals surface area contributed by atoms with Crippen LogP contribution < -0.4 is 20.1 Å². The molecular weight excluding hydrogens is 550 g/mol. The first-order valence-corrected chi connectivity index (χ1v) is 13.9. The van der Waals surface area contributed by atoms with Crippen molar-refractivity contribution < 1.29 is 42.1 Å². The summed E-state index contributed by atoms with van der Waals surface area (Å²) in [4.78, 5) is 24.6. The first kappa shape index (κ1) is 29.6. The molecule has 16 heteroatoms. The Kier molecular flexibility index (Phi) is 8.61. The number of nitrogens with zero attached hydrogens (tertiary/aromatic N) is 4. The molecule has 1 aliphatic rings. The average Bonchev–Trinajstić information content (AvgIpc) is 3.40. The number of anilines is 1. The highest BCUT2D eigenvalue weighted by molar-refractivity contribution is 7.52. The first-order valence-electron chi connectivity index (χ1n) is 12.4. The third-order valence-electron chi connectivity index (χ3n) is 6.00. The molecule has 1 fully saturated rings. The quantitative estimate of drug-likeness (QED) is 0.222. The zero-order valence-electron chi connectivity index (χ0n) is 22.6. The number of carbonyl (C=O) groups excluding carboxylic acids is 1. The van der Waals surface area contributed by atoms with Gasteiger partial charge in [-0.15, -0.1) is 0 Å². The Bertz CT molecular complexity index is 1390. The van der Waals surface area contributed by atoms with E-state index in [9.17, 15) is 14.5 Å². The average molecular weight is 583 g/mol. The minimum Gasteiger partial charge on any atom is -0.479 e. The molecule has 3 heterocycles. The third kappa shape index (κ3) is 6.18. The Balaban J connectivity index is 1.56. The number of para-hydroxylation sites is 1. The van der Waals surface area contributed by atoms with Gasteiger partial charge >= 0.3 is 13.7 Å². The summed E-state index contributed by atoms with van der Waals surface area (Å²) in [6, 6.07) is 7.02. The van der Waals surface area contributed by atoms with Crippen LogP contribution in [0.2, 0.25) is 0 Å². The lowest BCUT2D eigenvalue weighted by molar-refractivity contribution is -0.149. The number of nitrogen functional groups attached to an aromatic ring is 1. The van der Waals surface area contributed by atoms with Gasteiger partial charge in [-0.3, -0.25) is 13.9 Å². The maximum atomic E-state index is 15.9. The highest BCUT2D eigenvalue weighted by Crippen LogP contribution is 2.48. The molecule has 1 saturated heterocycles. The fraction of sp³-hybridized carbons (Fsp3) is 0.500. The number of hydrogen-bond donors (Lipinski definition) is 3. The lowest BCUT2D eigenvalue weighted by Crippen LogP contribution is -2.41. The number of rotatable bonds is 11. The number of benzene rings is 1. The predicted octanol–water partition coefficient (Wildman–Crippen LogP) is 2.54. The summed E-state index contributed by atoms with van der Waals surface area (Å²) in [6.45, 7) is 5.33. The van der Waals surface area contributed by atoms with Gasteiger partial charge < -0.3 is 29.6 Å². The van der Waals surface area contributed by atoms with E-state index < -0.39 is 56.6 Å². The van der Waals surface area contributed by atoms with Gasteiger partial charge in [0.2, 0.25) is 11.8 Å². The number of esters is 1. The van der Waals surface area contributed by atoms with Crippen LogP contribution in [0.1, 0.15) is 33.9 Å². The Morgan fingerprint density at radius 3 is 2.65 bits per heavy atom. The molecule has 0 bridgehead atoms. The molecule has 3 aromatic rings. The lowest BCUT2D eigenvalue weighted by atomic mass is 9.98. The minimum absolute atomic E-state index is 0.0791. The van der Waals surface area contributed by atoms with Crippen LogP contribution in [-0.4, -0.2) is 74.3 Å². The summed E-state index contributed by atoms with van der Waals surface area (Å²) < 4.78 is 58.3. The van der Waals surface area contributed by atoms with Gasteiger partial charge in [0.1, 0.15) is 24.0 Å². The number of aliphatic hydroxyl groups is 1. The van der Waals surface area contributed by atoms with Crippen molar-refractivity contribution in [2.45, 2.75) is 63.9 Å². The lowest BCUT2D eigenvalue weighted by Gasteiger charge is -2.25. The van der Waals surface area contributed by atoms with Crippen LogP contribution in [0.25, 0.3) is 11.2 Å². The monoisotopic (exact) mass is 582 g/mol. The maximum absolute atomic E-state index is 15.9. The summed E-state index contributed by atoms with van der Waals surface area (Å²) in [5.41, 5.74) is 3.71. The van der Waals surface area contributed by atoms with Crippen LogP contribution in [0.3, 0.4) is 0 Å². The smallest absolute Gasteiger partial charge is 0.459 e. The number of methoxy groups -OCH3 is 1. The molecule has 0 amide bonds. The van der Waals surface area contributed by atoms with E-state index in [1.54, 1.807) is 32.0 Å². The molecule has 2 aromatic heterocycles. The van der Waals surface area contributed by atoms with Crippen molar-refractivity contribution in [3.63, 3.8) is 0 Å². The number of carbonyl (C=O) groups is 1. The van der Waals surface area contributed by atoms with Crippen LogP contribution in [0.15, 0.2) is 36.7 Å². The Labute approximate surface area is 229 Å². The molecule has 0 radical (unpaired) electrons. The van der Waals surface area contributed by atoms with Crippen LogP contribution in [0.4, 0.5) is 10.3 Å². The number of fused-ring (bicyclic) bond motifs is 1. The fourth-order valence-corrected chi connectivity index (χ4v) is 5.58. The van der Waals surface area contributed by atoms with E-state index >= 15 is 4.39 Å². The van der Waals surface area contributed by atoms with Gasteiger partial charge in [-0.05, 0) is 39.8 Å². The molecule has 218 valence electrons. The molecule has 6 atom stereocenters. The molecule has 0 unspecified atom stereocenters. The van der Waals surface area contributed by atoms with Crippen molar-refractivity contribution >= 4 is 30.8 Å². The molecule has 4 N–H and O–H groups in total. The molecule has 0 spiro atoms. The van der Waals surface area contributed by atoms with Crippen molar-refractivity contribution in [3.8, 4) is 11.6 Å². The number of nitrogens with one attached hydrogen (secondary N) is 1. The molecule has 0 aliphatic carbocycles. The van der Waals surface area contributed by atoms with Gasteiger partial charge in [0.25, 0.3) is 0 Å². The first-order chi connectivity index (χ1) is 18.8. The molecular formula is C24H32FN6O8P. The SMILES string of the molecule is COc1nc(N)nc2c1ncn2[C@@H]1O[C@H](CO[P@@](=O)(N[C@H](C)C(=O)OC(C)C)Oc2ccccc2)[C@@H](O)[C@@]1(C)F. The van der Waals surface area contributed by atoms with Crippen LogP contribution >= 0.6 is 7.75 Å². The van der Waals surface area contributed by atoms with Gasteiger partial charge in [-0.25, -0.2) is 13.9 Å². The normalized spacial score (nSPS) is 25.1. The van der Waals surface area contributed by atoms with Crippen LogP contribution in [-0.2, 0) is 23.4 Å². The number of halogens is 1. The fourth-order valence-electron chi connectivity index (χ4n) is 4.08. The van der Waals surface area contributed by atoms with Crippen LogP contribution in [0.5, 0.6) is 11.6 Å². The van der Waals surface area contributed by atoms with Gasteiger partial charge in [0.05, 0.1) is 26.1 Å². The third-order valence-corrected chi connectivity index (χ3v) is 7.65. The minimum atomic E-state index is -4.29. The summed E-state index contributed by atoms with van der Waals surface area (Å²) in [5.74, 6) is -0.566. The summed E-state index contributed by atoms with van der Waals surface area (Å²) in [7, 11) is -2.92. The van der Waals surface area contributed by atoms with Crippen molar-refractivity contribution in [2.24, 2.45) is 0 Å². The molecule has 1 aromatic carbocycles. The van der Waals surface area contributed by atoms with E-state index in [0.717, 1.165) is 6.92 Å². The van der Waals surface area contributed by atoms with E-state index in [4.69, 9.17) is 29.0 Å². The number of alkyl halides is 1. The van der Waals surface area contributed by atoms with Crippen molar-refractivity contribution in [3.05, 3.63) is 36.7 Å². The Morgan fingerprint density at radius 1 is 1.30 bits per heavy atom. The largest absolute Gasteiger partial charge is 0.479 e. The van der Waals surface area contributed by atoms with E-state index in [1.165, 1.54) is 37.1 Å². The molecule has 1 aliphatic heterocycles. The second-order valence-corrected chi connectivity index (χ2v) is 11.3. The van der Waals surface area contributed by atoms with Gasteiger partial charge in [-0.2, -0.15) is 15.1 Å². The van der Waals surface area contributed by atoms with Crippen molar-refractivity contribution in [2.75, 3.05) is 19.5 Å². The molecule has 4 rings (SSSR count). The second kappa shape index (κ2) is 11.6. The number of ether oxygens (including phenoxy) is 3. The summed E-state index contributed by atoms with van der Waals surface area (Å²) in [6.07, 6.45) is -3.63. The maximum Gasteiger partial charge on any atom is 0.459 e. The zero-order chi connectivity index (χ0) is 29.2. The number of hydrogen-bond acceptors (Lipinski definition) is 12. The van der Waals surface area contributed by atoms with Crippen molar-refractivity contribution in [1.29, 1.82) is 0 Å². The number of nitrogens with two attached hydrogens (primary N) is 1. The predicted molar refractivity (Wildman–Crippen MR) is 140 cm³/mol. The zero-order valence-corrected chi connectivity index (χ0v) is 23.4. The number of aromatic nitrogens is 4. The number of aliphatic hydroxyl groups excluding tert-OH is 1. The van der Waals surface area contributed by atoms with E-state index in [-0.39, 0.29) is 28.7 Å². The molecule has 14 nitrogen and oxygen atoms in total. The topological polar surface area (TPSA) is 182 Å². The standard InChI is InChI=1S/C24H32FN6O8P/c1-13(2)37-21(33)14(3)30-40(34,39-15-9-7-6-8-10-15)36-11-16-18(32)24(4,25)22(38-16)31-12-27-17-19(31)28-23(26)29-20(17)35-5/h6-10,12-14,16,18,22,32H,11H2,1-5H3,(H,30,34)(H2,26,28,29)/t14-,16-,18-,22-,24-,40+/m1/s1. The molecule has 40 heavy (non-hydrogen) atoms. The van der Waals surface area contributed by atoms with Crippen molar-refractivity contribution in [1.82, 2.24) is 24.6 Å². The second-order valence-electron chi connectivity index (χ2n) is 9.57. The van der Waals surface area contributed by atoms with E-state index in [2.05, 4.69) is 20.0 Å².